The van der Waals surface area contributed by atoms with E-state index in [1.807, 2.05) is 0 Å². The van der Waals surface area contributed by atoms with Gasteiger partial charge in [0.1, 0.15) is 12.4 Å². The molecule has 2 aromatic rings. The van der Waals surface area contributed by atoms with Crippen LogP contribution >= 0.6 is 0 Å². The number of rotatable bonds is 7. The molecule has 1 aliphatic rings. The Morgan fingerprint density at radius 3 is 2.17 bits per heavy atom. The third kappa shape index (κ3) is 7.08. The second-order valence-electron chi connectivity index (χ2n) is 8.58. The molecule has 2 N–H and O–H groups in total. The van der Waals surface area contributed by atoms with E-state index in [1.165, 1.54) is 4.90 Å². The Labute approximate surface area is 201 Å². The van der Waals surface area contributed by atoms with Gasteiger partial charge < -0.3 is 10.6 Å². The second-order valence-corrected chi connectivity index (χ2v) is 8.58. The van der Waals surface area contributed by atoms with Crippen molar-refractivity contribution in [2.45, 2.75) is 51.0 Å². The molecule has 0 radical (unpaired) electrons. The van der Waals surface area contributed by atoms with E-state index in [1.54, 1.807) is 0 Å². The number of hydrogen-bond acceptors (Lipinski definition) is 4. The predicted octanol–water partition coefficient (Wildman–Crippen LogP) is 3.54. The van der Waals surface area contributed by atoms with Gasteiger partial charge in [0.25, 0.3) is 5.56 Å². The van der Waals surface area contributed by atoms with Gasteiger partial charge >= 0.3 is 12.4 Å². The summed E-state index contributed by atoms with van der Waals surface area (Å²) in [4.78, 5) is 42.7. The first-order chi connectivity index (χ1) is 16.7. The molecule has 1 aromatic heterocycles. The molecule has 3 rings (SSSR count). The Kier molecular flexibility index (Phi) is 8.09. The average Bonchev–Trinajstić information content (AvgIpc) is 2.79. The number of aromatic nitrogens is 2. The molecule has 36 heavy (non-hydrogen) atoms. The maximum atomic E-state index is 12.9. The maximum absolute atomic E-state index is 12.9. The Morgan fingerprint density at radius 2 is 1.64 bits per heavy atom. The van der Waals surface area contributed by atoms with Crippen LogP contribution in [0.25, 0.3) is 11.3 Å². The van der Waals surface area contributed by atoms with Crippen molar-refractivity contribution in [3.8, 4) is 11.3 Å². The third-order valence-corrected chi connectivity index (χ3v) is 6.00. The highest BCUT2D eigenvalue weighted by atomic mass is 19.4. The lowest BCUT2D eigenvalue weighted by molar-refractivity contribution is -0.137. The van der Waals surface area contributed by atoms with E-state index in [0.717, 1.165) is 34.9 Å². The number of alkyl halides is 6. The molecule has 0 unspecified atom stereocenters. The van der Waals surface area contributed by atoms with Crippen LogP contribution in [-0.2, 0) is 28.7 Å². The van der Waals surface area contributed by atoms with E-state index < -0.39 is 54.7 Å². The molecule has 1 fully saturated rings. The summed E-state index contributed by atoms with van der Waals surface area (Å²) >= 11 is 0. The van der Waals surface area contributed by atoms with Crippen LogP contribution in [0.3, 0.4) is 0 Å². The highest BCUT2D eigenvalue weighted by Gasteiger charge is 2.31. The summed E-state index contributed by atoms with van der Waals surface area (Å²) in [5, 5.41) is 0. The highest BCUT2D eigenvalue weighted by Crippen LogP contribution is 2.30. The summed E-state index contributed by atoms with van der Waals surface area (Å²) in [5.41, 5.74) is 3.82. The third-order valence-electron chi connectivity index (χ3n) is 6.00. The maximum Gasteiger partial charge on any atom is 0.416 e. The summed E-state index contributed by atoms with van der Waals surface area (Å²) < 4.78 is 77.6. The summed E-state index contributed by atoms with van der Waals surface area (Å²) in [6.07, 6.45) is -10.1. The Hall–Kier alpha value is -3.38. The average molecular weight is 518 g/mol. The molecule has 0 aliphatic carbocycles. The predicted molar refractivity (Wildman–Crippen MR) is 116 cm³/mol. The zero-order chi connectivity index (χ0) is 26.7. The Morgan fingerprint density at radius 1 is 1.03 bits per heavy atom. The zero-order valence-corrected chi connectivity index (χ0v) is 19.0. The number of primary amides is 1. The number of likely N-dealkylation sites (tertiary alicyclic amines) is 1. The van der Waals surface area contributed by atoms with Crippen LogP contribution in [0.15, 0.2) is 35.1 Å². The molecule has 0 bridgehead atoms. The summed E-state index contributed by atoms with van der Waals surface area (Å²) in [7, 11) is 0. The SMILES string of the molecule is NC(=O)C1CCN(C(=O)Cn2c(CCCC(F)(F)F)nc(-c3ccc(C(F)(F)F)cc3)cc2=O)CC1. The van der Waals surface area contributed by atoms with Gasteiger partial charge in [-0.3, -0.25) is 19.0 Å². The quantitative estimate of drug-likeness (QED) is 0.567. The molecule has 1 aliphatic heterocycles. The second kappa shape index (κ2) is 10.7. The number of piperidine rings is 1. The molecule has 1 saturated heterocycles. The standard InChI is InChI=1S/C23H24F6N4O3/c24-22(25,26)9-1-2-18-31-17(14-3-5-16(6-4-14)23(27,28)29)12-19(34)33(18)13-20(35)32-10-7-15(8-11-32)21(30)36/h3-6,12,15H,1-2,7-11,13H2,(H2,30,36). The number of amides is 2. The van der Waals surface area contributed by atoms with Crippen LogP contribution in [0.5, 0.6) is 0 Å². The monoisotopic (exact) mass is 518 g/mol. The molecule has 0 atom stereocenters. The highest BCUT2D eigenvalue weighted by molar-refractivity contribution is 5.78. The van der Waals surface area contributed by atoms with Crippen LogP contribution in [0, 0.1) is 5.92 Å². The van der Waals surface area contributed by atoms with Crippen LogP contribution in [0.1, 0.15) is 37.1 Å². The van der Waals surface area contributed by atoms with Gasteiger partial charge in [0.2, 0.25) is 11.8 Å². The lowest BCUT2D eigenvalue weighted by atomic mass is 9.96. The van der Waals surface area contributed by atoms with Gasteiger partial charge in [-0.2, -0.15) is 26.3 Å². The smallest absolute Gasteiger partial charge is 0.369 e. The number of nitrogens with two attached hydrogens (primary N) is 1. The lowest BCUT2D eigenvalue weighted by Crippen LogP contribution is -2.44. The largest absolute Gasteiger partial charge is 0.416 e. The van der Waals surface area contributed by atoms with Crippen molar-refractivity contribution in [1.82, 2.24) is 14.5 Å². The number of hydrogen-bond donors (Lipinski definition) is 1. The van der Waals surface area contributed by atoms with E-state index in [-0.39, 0.29) is 42.5 Å². The van der Waals surface area contributed by atoms with Crippen molar-refractivity contribution in [3.63, 3.8) is 0 Å². The van der Waals surface area contributed by atoms with Crippen LogP contribution in [0.4, 0.5) is 26.3 Å². The summed E-state index contributed by atoms with van der Waals surface area (Å²) in [5.74, 6) is -1.38. The van der Waals surface area contributed by atoms with Gasteiger partial charge in [0.05, 0.1) is 11.3 Å². The number of benzene rings is 1. The van der Waals surface area contributed by atoms with Crippen LogP contribution < -0.4 is 11.3 Å². The molecule has 7 nitrogen and oxygen atoms in total. The van der Waals surface area contributed by atoms with Crippen molar-refractivity contribution < 1.29 is 35.9 Å². The first-order valence-corrected chi connectivity index (χ1v) is 11.2. The van der Waals surface area contributed by atoms with Gasteiger partial charge in [-0.1, -0.05) is 12.1 Å². The molecule has 0 saturated carbocycles. The van der Waals surface area contributed by atoms with E-state index in [0.29, 0.717) is 12.8 Å². The molecule has 1 aromatic carbocycles. The van der Waals surface area contributed by atoms with Crippen molar-refractivity contribution in [1.29, 1.82) is 0 Å². The number of aryl methyl sites for hydroxylation is 1. The first-order valence-electron chi connectivity index (χ1n) is 11.2. The van der Waals surface area contributed by atoms with E-state index >= 15 is 0 Å². The normalized spacial score (nSPS) is 15.2. The van der Waals surface area contributed by atoms with Crippen molar-refractivity contribution in [2.75, 3.05) is 13.1 Å². The molecule has 13 heteroatoms. The van der Waals surface area contributed by atoms with Crippen LogP contribution in [0.2, 0.25) is 0 Å². The first kappa shape index (κ1) is 27.2. The molecular weight excluding hydrogens is 494 g/mol. The number of nitrogens with zero attached hydrogens (tertiary/aromatic N) is 3. The van der Waals surface area contributed by atoms with Crippen LogP contribution in [-0.4, -0.2) is 45.5 Å². The minimum Gasteiger partial charge on any atom is -0.369 e. The Bertz CT molecular complexity index is 1150. The van der Waals surface area contributed by atoms with E-state index in [9.17, 15) is 40.7 Å². The Balaban J connectivity index is 1.87. The molecular formula is C23H24F6N4O3. The van der Waals surface area contributed by atoms with E-state index in [2.05, 4.69) is 4.98 Å². The minimum absolute atomic E-state index is 0.0123. The topological polar surface area (TPSA) is 98.3 Å². The van der Waals surface area contributed by atoms with Gasteiger partial charge in [0, 0.05) is 43.5 Å². The fraction of sp³-hybridized carbons (Fsp3) is 0.478. The van der Waals surface area contributed by atoms with E-state index in [4.69, 9.17) is 5.73 Å². The number of carbonyl (C=O) groups is 2. The fourth-order valence-electron chi connectivity index (χ4n) is 3.99. The molecule has 0 spiro atoms. The minimum atomic E-state index is -4.57. The summed E-state index contributed by atoms with van der Waals surface area (Å²) in [6.45, 7) is 0.00500. The summed E-state index contributed by atoms with van der Waals surface area (Å²) in [6, 6.07) is 4.88. The fourth-order valence-corrected chi connectivity index (χ4v) is 3.99. The van der Waals surface area contributed by atoms with Gasteiger partial charge in [0.15, 0.2) is 0 Å². The van der Waals surface area contributed by atoms with Gasteiger partial charge in [-0.15, -0.1) is 0 Å². The van der Waals surface area contributed by atoms with Gasteiger partial charge in [-0.05, 0) is 31.4 Å². The van der Waals surface area contributed by atoms with Crippen molar-refractivity contribution in [2.24, 2.45) is 11.7 Å². The number of halogens is 6. The molecule has 2 amide bonds. The number of carbonyl (C=O) groups excluding carboxylic acids is 2. The molecule has 196 valence electrons. The van der Waals surface area contributed by atoms with Crippen molar-refractivity contribution in [3.05, 3.63) is 52.1 Å². The van der Waals surface area contributed by atoms with Crippen molar-refractivity contribution >= 4 is 11.8 Å². The van der Waals surface area contributed by atoms with Gasteiger partial charge in [-0.25, -0.2) is 4.98 Å². The lowest BCUT2D eigenvalue weighted by Gasteiger charge is -2.31. The molecule has 2 heterocycles. The zero-order valence-electron chi connectivity index (χ0n) is 19.0.